The lowest BCUT2D eigenvalue weighted by Crippen LogP contribution is -1.83. The van der Waals surface area contributed by atoms with Crippen LogP contribution < -0.4 is 0 Å². The molecule has 0 unspecified atom stereocenters. The van der Waals surface area contributed by atoms with Crippen molar-refractivity contribution in [3.05, 3.63) is 36.2 Å². The van der Waals surface area contributed by atoms with Crippen LogP contribution in [0.4, 0.5) is 0 Å². The molecule has 1 heteroatoms. The van der Waals surface area contributed by atoms with Gasteiger partial charge in [-0.05, 0) is 37.5 Å². The Hall–Kier alpha value is -1.11. The number of hydrogen-bond acceptors (Lipinski definition) is 1. The topological polar surface area (TPSA) is 12.9 Å². The fraction of sp³-hybridized carbons (Fsp3) is 0.462. The fourth-order valence-corrected chi connectivity index (χ4v) is 1.41. The van der Waals surface area contributed by atoms with Gasteiger partial charge in [0, 0.05) is 6.20 Å². The van der Waals surface area contributed by atoms with Crippen molar-refractivity contribution in [1.82, 2.24) is 4.98 Å². The molecule has 0 spiro atoms. The zero-order chi connectivity index (χ0) is 10.2. The van der Waals surface area contributed by atoms with E-state index in [1.54, 1.807) is 0 Å². The molecule has 0 atom stereocenters. The van der Waals surface area contributed by atoms with Crippen molar-refractivity contribution >= 4 is 5.57 Å². The van der Waals surface area contributed by atoms with Gasteiger partial charge < -0.3 is 0 Å². The Kier molecular flexibility index (Phi) is 4.98. The van der Waals surface area contributed by atoms with E-state index in [-0.39, 0.29) is 0 Å². The van der Waals surface area contributed by atoms with Gasteiger partial charge in [-0.25, -0.2) is 0 Å². The van der Waals surface area contributed by atoms with E-state index in [1.165, 1.54) is 31.3 Å². The second-order valence-corrected chi connectivity index (χ2v) is 3.60. The highest BCUT2D eigenvalue weighted by atomic mass is 14.7. The van der Waals surface area contributed by atoms with Gasteiger partial charge in [-0.15, -0.1) is 0 Å². The Morgan fingerprint density at radius 3 is 2.86 bits per heavy atom. The van der Waals surface area contributed by atoms with Gasteiger partial charge >= 0.3 is 0 Å². The van der Waals surface area contributed by atoms with E-state index in [2.05, 4.69) is 31.0 Å². The molecule has 1 rings (SSSR count). The summed E-state index contributed by atoms with van der Waals surface area (Å²) in [6, 6.07) is 6.05. The Labute approximate surface area is 86.9 Å². The molecule has 0 aromatic carbocycles. The number of nitrogens with zero attached hydrogens (tertiary/aromatic N) is 1. The van der Waals surface area contributed by atoms with Crippen molar-refractivity contribution < 1.29 is 0 Å². The van der Waals surface area contributed by atoms with Gasteiger partial charge in [0.15, 0.2) is 0 Å². The second-order valence-electron chi connectivity index (χ2n) is 3.60. The molecule has 1 heterocycles. The number of rotatable bonds is 5. The van der Waals surface area contributed by atoms with E-state index in [9.17, 15) is 0 Å². The molecule has 0 aliphatic heterocycles. The highest BCUT2D eigenvalue weighted by Crippen LogP contribution is 2.12. The minimum atomic E-state index is 1.10. The average Bonchev–Trinajstić information content (AvgIpc) is 2.25. The molecule has 1 aromatic rings. The monoisotopic (exact) mass is 189 g/mol. The molecule has 14 heavy (non-hydrogen) atoms. The maximum atomic E-state index is 4.31. The SMILES string of the molecule is CCCCC/C=C(\C)c1ccccn1. The van der Waals surface area contributed by atoms with Crippen LogP contribution in [0.15, 0.2) is 30.5 Å². The van der Waals surface area contributed by atoms with Crippen LogP contribution in [0.25, 0.3) is 5.57 Å². The van der Waals surface area contributed by atoms with Crippen molar-refractivity contribution in [2.75, 3.05) is 0 Å². The van der Waals surface area contributed by atoms with Crippen LogP contribution in [0.2, 0.25) is 0 Å². The summed E-state index contributed by atoms with van der Waals surface area (Å²) in [5, 5.41) is 0. The third-order valence-corrected chi connectivity index (χ3v) is 2.33. The molecule has 0 bridgehead atoms. The number of hydrogen-bond donors (Lipinski definition) is 0. The van der Waals surface area contributed by atoms with Crippen LogP contribution in [-0.4, -0.2) is 4.98 Å². The summed E-state index contributed by atoms with van der Waals surface area (Å²) in [6.45, 7) is 4.36. The van der Waals surface area contributed by atoms with Crippen LogP contribution in [0, 0.1) is 0 Å². The van der Waals surface area contributed by atoms with Gasteiger partial charge in [0.25, 0.3) is 0 Å². The number of aromatic nitrogens is 1. The third kappa shape index (κ3) is 3.73. The maximum absolute atomic E-state index is 4.31. The van der Waals surface area contributed by atoms with Gasteiger partial charge in [0.2, 0.25) is 0 Å². The normalized spacial score (nSPS) is 11.7. The van der Waals surface area contributed by atoms with E-state index >= 15 is 0 Å². The highest BCUT2D eigenvalue weighted by Gasteiger charge is 1.94. The van der Waals surface area contributed by atoms with Crippen molar-refractivity contribution in [2.24, 2.45) is 0 Å². The lowest BCUT2D eigenvalue weighted by molar-refractivity contribution is 0.729. The maximum Gasteiger partial charge on any atom is 0.0655 e. The van der Waals surface area contributed by atoms with Crippen molar-refractivity contribution in [3.63, 3.8) is 0 Å². The van der Waals surface area contributed by atoms with Crippen molar-refractivity contribution in [1.29, 1.82) is 0 Å². The smallest absolute Gasteiger partial charge is 0.0655 e. The van der Waals surface area contributed by atoms with Gasteiger partial charge in [0.1, 0.15) is 0 Å². The Balaban J connectivity index is 2.44. The van der Waals surface area contributed by atoms with Crippen LogP contribution in [-0.2, 0) is 0 Å². The number of unbranched alkanes of at least 4 members (excludes halogenated alkanes) is 3. The first kappa shape index (κ1) is 11.0. The zero-order valence-electron chi connectivity index (χ0n) is 9.16. The molecule has 1 nitrogen and oxygen atoms in total. The zero-order valence-corrected chi connectivity index (χ0v) is 9.16. The van der Waals surface area contributed by atoms with Crippen LogP contribution >= 0.6 is 0 Å². The molecule has 76 valence electrons. The van der Waals surface area contributed by atoms with Crippen LogP contribution in [0.3, 0.4) is 0 Å². The summed E-state index contributed by atoms with van der Waals surface area (Å²) >= 11 is 0. The molecule has 0 saturated heterocycles. The second kappa shape index (κ2) is 6.36. The first-order valence-electron chi connectivity index (χ1n) is 5.42. The summed E-state index contributed by atoms with van der Waals surface area (Å²) < 4.78 is 0. The molecule has 0 N–H and O–H groups in total. The minimum Gasteiger partial charge on any atom is -0.257 e. The molecule has 0 saturated carbocycles. The van der Waals surface area contributed by atoms with Crippen LogP contribution in [0.1, 0.15) is 45.2 Å². The lowest BCUT2D eigenvalue weighted by Gasteiger charge is -1.99. The summed E-state index contributed by atoms with van der Waals surface area (Å²) in [6.07, 6.45) is 9.22. The number of pyridine rings is 1. The predicted octanol–water partition coefficient (Wildman–Crippen LogP) is 4.07. The standard InChI is InChI=1S/C13H19N/c1-3-4-5-6-9-12(2)13-10-7-8-11-14-13/h7-11H,3-6H2,1-2H3/b12-9+. The molecule has 1 aromatic heterocycles. The summed E-state index contributed by atoms with van der Waals surface area (Å²) in [5.74, 6) is 0. The quantitative estimate of drug-likeness (QED) is 0.636. The fourth-order valence-electron chi connectivity index (χ4n) is 1.41. The largest absolute Gasteiger partial charge is 0.257 e. The molecular formula is C13H19N. The van der Waals surface area contributed by atoms with Crippen molar-refractivity contribution in [2.45, 2.75) is 39.5 Å². The summed E-state index contributed by atoms with van der Waals surface area (Å²) in [5.41, 5.74) is 2.39. The molecule has 0 aliphatic carbocycles. The van der Waals surface area contributed by atoms with E-state index < -0.39 is 0 Å². The van der Waals surface area contributed by atoms with E-state index in [0.29, 0.717) is 0 Å². The summed E-state index contributed by atoms with van der Waals surface area (Å²) in [4.78, 5) is 4.31. The molecule has 0 amide bonds. The summed E-state index contributed by atoms with van der Waals surface area (Å²) in [7, 11) is 0. The lowest BCUT2D eigenvalue weighted by atomic mass is 10.1. The molecule has 0 radical (unpaired) electrons. The minimum absolute atomic E-state index is 1.10. The van der Waals surface area contributed by atoms with Gasteiger partial charge in [-0.1, -0.05) is 31.9 Å². The first-order chi connectivity index (χ1) is 6.84. The van der Waals surface area contributed by atoms with E-state index in [1.807, 2.05) is 18.3 Å². The Morgan fingerprint density at radius 2 is 2.21 bits per heavy atom. The third-order valence-electron chi connectivity index (χ3n) is 2.33. The number of allylic oxidation sites excluding steroid dienone is 2. The Bertz CT molecular complexity index is 275. The van der Waals surface area contributed by atoms with Gasteiger partial charge in [-0.2, -0.15) is 0 Å². The van der Waals surface area contributed by atoms with E-state index in [0.717, 1.165) is 5.69 Å². The Morgan fingerprint density at radius 1 is 1.36 bits per heavy atom. The molecular weight excluding hydrogens is 170 g/mol. The first-order valence-corrected chi connectivity index (χ1v) is 5.42. The van der Waals surface area contributed by atoms with Crippen LogP contribution in [0.5, 0.6) is 0 Å². The van der Waals surface area contributed by atoms with Gasteiger partial charge in [-0.3, -0.25) is 4.98 Å². The van der Waals surface area contributed by atoms with Crippen molar-refractivity contribution in [3.8, 4) is 0 Å². The predicted molar refractivity (Wildman–Crippen MR) is 62.0 cm³/mol. The van der Waals surface area contributed by atoms with Gasteiger partial charge in [0.05, 0.1) is 5.69 Å². The average molecular weight is 189 g/mol. The molecule has 0 fully saturated rings. The molecule has 0 aliphatic rings. The van der Waals surface area contributed by atoms with E-state index in [4.69, 9.17) is 0 Å². The highest BCUT2D eigenvalue weighted by molar-refractivity contribution is 5.59.